The molecule has 0 radical (unpaired) electrons. The third-order valence-electron chi connectivity index (χ3n) is 5.60. The van der Waals surface area contributed by atoms with E-state index in [2.05, 4.69) is 0 Å². The topological polar surface area (TPSA) is 61.8 Å². The molecule has 1 heterocycles. The van der Waals surface area contributed by atoms with E-state index in [0.29, 0.717) is 42.1 Å². The van der Waals surface area contributed by atoms with Gasteiger partial charge in [-0.3, -0.25) is 9.59 Å². The minimum atomic E-state index is -4.58. The van der Waals surface area contributed by atoms with Crippen LogP contribution < -0.4 is 9.47 Å². The number of carbonyl (C=O) groups excluding carboxylic acids is 2. The number of hydrogen-bond donors (Lipinski definition) is 0. The molecule has 158 valence electrons. The van der Waals surface area contributed by atoms with Gasteiger partial charge in [-0.2, -0.15) is 13.2 Å². The fourth-order valence-corrected chi connectivity index (χ4v) is 4.15. The van der Waals surface area contributed by atoms with Gasteiger partial charge < -0.3 is 14.2 Å². The van der Waals surface area contributed by atoms with Crippen molar-refractivity contribution in [2.45, 2.75) is 37.5 Å². The Balaban J connectivity index is 1.55. The molecule has 0 bridgehead atoms. The SMILES string of the molecule is COC(=O)CC1COc2cc(O[C@@H]3CCc4c3ccc(C(F)(F)F)c4C=O)ccc21. The van der Waals surface area contributed by atoms with Crippen molar-refractivity contribution in [1.82, 2.24) is 0 Å². The summed E-state index contributed by atoms with van der Waals surface area (Å²) in [6.45, 7) is 0.364. The van der Waals surface area contributed by atoms with Crippen molar-refractivity contribution in [2.75, 3.05) is 13.7 Å². The Labute approximate surface area is 170 Å². The van der Waals surface area contributed by atoms with Crippen LogP contribution in [0.15, 0.2) is 30.3 Å². The molecule has 8 heteroatoms. The Morgan fingerprint density at radius 3 is 2.70 bits per heavy atom. The highest BCUT2D eigenvalue weighted by atomic mass is 19.4. The molecule has 2 atom stereocenters. The summed E-state index contributed by atoms with van der Waals surface area (Å²) in [6, 6.07) is 7.62. The zero-order valence-corrected chi connectivity index (χ0v) is 16.1. The summed E-state index contributed by atoms with van der Waals surface area (Å²) in [6.07, 6.45) is -3.74. The molecule has 0 N–H and O–H groups in total. The summed E-state index contributed by atoms with van der Waals surface area (Å²) >= 11 is 0. The smallest absolute Gasteiger partial charge is 0.417 e. The second kappa shape index (κ2) is 7.66. The molecule has 1 unspecified atom stereocenters. The summed E-state index contributed by atoms with van der Waals surface area (Å²) in [5.74, 6) is 0.715. The van der Waals surface area contributed by atoms with Gasteiger partial charge in [0.2, 0.25) is 0 Å². The number of alkyl halides is 3. The van der Waals surface area contributed by atoms with E-state index < -0.39 is 17.8 Å². The number of rotatable bonds is 5. The summed E-state index contributed by atoms with van der Waals surface area (Å²) < 4.78 is 55.9. The Morgan fingerprint density at radius 2 is 2.00 bits per heavy atom. The maximum atomic E-state index is 13.2. The first kappa shape index (κ1) is 20.3. The van der Waals surface area contributed by atoms with Crippen molar-refractivity contribution >= 4 is 12.3 Å². The predicted octanol–water partition coefficient (Wildman–Crippen LogP) is 4.62. The van der Waals surface area contributed by atoms with E-state index in [1.165, 1.54) is 13.2 Å². The van der Waals surface area contributed by atoms with Crippen molar-refractivity contribution in [3.05, 3.63) is 58.1 Å². The number of halogens is 3. The molecule has 1 aliphatic carbocycles. The number of fused-ring (bicyclic) bond motifs is 2. The predicted molar refractivity (Wildman–Crippen MR) is 99.8 cm³/mol. The highest BCUT2D eigenvalue weighted by Gasteiger charge is 2.37. The molecular formula is C22H19F3O5. The molecule has 30 heavy (non-hydrogen) atoms. The maximum Gasteiger partial charge on any atom is 0.417 e. The van der Waals surface area contributed by atoms with Gasteiger partial charge in [0.05, 0.1) is 25.7 Å². The van der Waals surface area contributed by atoms with E-state index in [4.69, 9.17) is 14.2 Å². The summed E-state index contributed by atoms with van der Waals surface area (Å²) in [4.78, 5) is 22.9. The summed E-state index contributed by atoms with van der Waals surface area (Å²) in [5.41, 5.74) is 0.640. The van der Waals surface area contributed by atoms with Gasteiger partial charge in [0.15, 0.2) is 6.29 Å². The lowest BCUT2D eigenvalue weighted by Gasteiger charge is -2.17. The zero-order valence-electron chi connectivity index (χ0n) is 16.1. The van der Waals surface area contributed by atoms with Gasteiger partial charge in [-0.25, -0.2) is 0 Å². The van der Waals surface area contributed by atoms with Gasteiger partial charge in [0, 0.05) is 23.1 Å². The van der Waals surface area contributed by atoms with Gasteiger partial charge in [0.1, 0.15) is 17.6 Å². The highest BCUT2D eigenvalue weighted by molar-refractivity contribution is 5.81. The minimum absolute atomic E-state index is 0.0929. The Morgan fingerprint density at radius 1 is 1.23 bits per heavy atom. The van der Waals surface area contributed by atoms with Crippen molar-refractivity contribution in [3.63, 3.8) is 0 Å². The number of methoxy groups -OCH3 is 1. The number of hydrogen-bond acceptors (Lipinski definition) is 5. The highest BCUT2D eigenvalue weighted by Crippen LogP contribution is 2.43. The molecule has 2 aliphatic rings. The standard InChI is InChI=1S/C22H19F3O5/c1-28-21(27)8-12-11-29-20-9-13(2-3-14(12)20)30-19-7-5-15-16(19)4-6-18(17(15)10-26)22(23,24)25/h2-4,6,9-10,12,19H,5,7-8,11H2,1H3/t12?,19-/m1/s1. The van der Waals surface area contributed by atoms with Crippen molar-refractivity contribution in [3.8, 4) is 11.5 Å². The van der Waals surface area contributed by atoms with Crippen LogP contribution in [0.5, 0.6) is 11.5 Å². The Hall–Kier alpha value is -3.03. The van der Waals surface area contributed by atoms with Gasteiger partial charge in [0.25, 0.3) is 0 Å². The van der Waals surface area contributed by atoms with Crippen LogP contribution in [0.4, 0.5) is 13.2 Å². The van der Waals surface area contributed by atoms with Crippen LogP contribution in [0.25, 0.3) is 0 Å². The average Bonchev–Trinajstić information content (AvgIpc) is 3.30. The van der Waals surface area contributed by atoms with Crippen LogP contribution in [0.3, 0.4) is 0 Å². The van der Waals surface area contributed by atoms with E-state index in [0.717, 1.165) is 11.6 Å². The minimum Gasteiger partial charge on any atom is -0.492 e. The lowest BCUT2D eigenvalue weighted by molar-refractivity contribution is -0.141. The van der Waals surface area contributed by atoms with Crippen LogP contribution in [0.1, 0.15) is 57.5 Å². The van der Waals surface area contributed by atoms with Gasteiger partial charge in [-0.05, 0) is 36.1 Å². The van der Waals surface area contributed by atoms with Crippen molar-refractivity contribution in [2.24, 2.45) is 0 Å². The summed E-state index contributed by atoms with van der Waals surface area (Å²) in [7, 11) is 1.34. The molecule has 0 spiro atoms. The molecule has 2 aromatic rings. The van der Waals surface area contributed by atoms with E-state index in [1.807, 2.05) is 6.07 Å². The van der Waals surface area contributed by atoms with Crippen LogP contribution in [-0.4, -0.2) is 26.0 Å². The van der Waals surface area contributed by atoms with Crippen LogP contribution in [0, 0.1) is 0 Å². The monoisotopic (exact) mass is 420 g/mol. The first-order valence-electron chi connectivity index (χ1n) is 9.50. The number of ether oxygens (including phenoxy) is 3. The first-order chi connectivity index (χ1) is 14.3. The number of aldehydes is 1. The maximum absolute atomic E-state index is 13.2. The normalized spacial score (nSPS) is 19.6. The molecule has 1 aliphatic heterocycles. The van der Waals surface area contributed by atoms with E-state index in [1.54, 1.807) is 12.1 Å². The van der Waals surface area contributed by atoms with Gasteiger partial charge in [-0.15, -0.1) is 0 Å². The van der Waals surface area contributed by atoms with Crippen LogP contribution >= 0.6 is 0 Å². The Bertz CT molecular complexity index is 999. The second-order valence-corrected chi connectivity index (χ2v) is 7.34. The largest absolute Gasteiger partial charge is 0.492 e. The molecule has 0 saturated carbocycles. The molecule has 2 aromatic carbocycles. The summed E-state index contributed by atoms with van der Waals surface area (Å²) in [5, 5.41) is 0. The third kappa shape index (κ3) is 3.62. The molecule has 5 nitrogen and oxygen atoms in total. The molecule has 0 fully saturated rings. The van der Waals surface area contributed by atoms with E-state index in [9.17, 15) is 22.8 Å². The van der Waals surface area contributed by atoms with E-state index >= 15 is 0 Å². The van der Waals surface area contributed by atoms with Crippen molar-refractivity contribution < 1.29 is 37.0 Å². The van der Waals surface area contributed by atoms with Crippen LogP contribution in [-0.2, 0) is 22.1 Å². The van der Waals surface area contributed by atoms with Crippen molar-refractivity contribution in [1.29, 1.82) is 0 Å². The quantitative estimate of drug-likeness (QED) is 0.522. The van der Waals surface area contributed by atoms with Gasteiger partial charge in [-0.1, -0.05) is 12.1 Å². The molecular weight excluding hydrogens is 401 g/mol. The molecule has 0 aromatic heterocycles. The number of carbonyl (C=O) groups is 2. The lowest BCUT2D eigenvalue weighted by atomic mass is 9.97. The molecule has 0 saturated heterocycles. The third-order valence-corrected chi connectivity index (χ3v) is 5.60. The number of esters is 1. The van der Waals surface area contributed by atoms with Gasteiger partial charge >= 0.3 is 12.1 Å². The molecule has 4 rings (SSSR count). The average molecular weight is 420 g/mol. The zero-order chi connectivity index (χ0) is 21.5. The van der Waals surface area contributed by atoms with Crippen LogP contribution in [0.2, 0.25) is 0 Å². The lowest BCUT2D eigenvalue weighted by Crippen LogP contribution is -2.12. The first-order valence-corrected chi connectivity index (χ1v) is 9.50. The number of benzene rings is 2. The Kier molecular flexibility index (Phi) is 5.17. The molecule has 0 amide bonds. The fourth-order valence-electron chi connectivity index (χ4n) is 4.15. The second-order valence-electron chi connectivity index (χ2n) is 7.34. The van der Waals surface area contributed by atoms with E-state index in [-0.39, 0.29) is 30.2 Å². The fraction of sp³-hybridized carbons (Fsp3) is 0.364.